The Labute approximate surface area is 242 Å². The van der Waals surface area contributed by atoms with Crippen LogP contribution in [0.15, 0.2) is 42.5 Å². The van der Waals surface area contributed by atoms with Crippen molar-refractivity contribution < 1.29 is 27.9 Å². The molecule has 6 nitrogen and oxygen atoms in total. The van der Waals surface area contributed by atoms with E-state index in [-0.39, 0.29) is 24.0 Å². The first-order valence-corrected chi connectivity index (χ1v) is 14.2. The normalized spacial score (nSPS) is 18.9. The minimum absolute atomic E-state index is 0.143. The fraction of sp³-hybridized carbons (Fsp3) is 0.517. The van der Waals surface area contributed by atoms with Crippen LogP contribution in [0.1, 0.15) is 48.0 Å². The molecular weight excluding hydrogens is 566 g/mol. The minimum atomic E-state index is -5.17. The average molecular weight is 601 g/mol. The summed E-state index contributed by atoms with van der Waals surface area (Å²) in [6.07, 6.45) is -1.09. The number of aliphatic hydroxyl groups is 1. The van der Waals surface area contributed by atoms with Crippen LogP contribution in [-0.2, 0) is 10.4 Å². The van der Waals surface area contributed by atoms with Gasteiger partial charge in [-0.05, 0) is 74.3 Å². The van der Waals surface area contributed by atoms with Crippen LogP contribution in [0.25, 0.3) is 0 Å². The smallest absolute Gasteiger partial charge is 0.371 e. The Bertz CT molecular complexity index is 1210. The zero-order chi connectivity index (χ0) is 29.2. The Balaban J connectivity index is 1.30. The Morgan fingerprint density at radius 2 is 1.48 bits per heavy atom. The Morgan fingerprint density at radius 3 is 1.98 bits per heavy atom. The van der Waals surface area contributed by atoms with Gasteiger partial charge in [0.1, 0.15) is 0 Å². The first kappa shape index (κ1) is 30.5. The van der Waals surface area contributed by atoms with Gasteiger partial charge in [0.15, 0.2) is 0 Å². The number of anilines is 1. The van der Waals surface area contributed by atoms with E-state index in [1.807, 2.05) is 12.1 Å². The van der Waals surface area contributed by atoms with E-state index in [1.165, 1.54) is 17.0 Å². The molecule has 0 aliphatic carbocycles. The molecule has 0 radical (unpaired) electrons. The summed E-state index contributed by atoms with van der Waals surface area (Å²) in [4.78, 5) is 30.1. The quantitative estimate of drug-likeness (QED) is 0.443. The number of rotatable bonds is 6. The number of alkyl halides is 3. The highest BCUT2D eigenvalue weighted by molar-refractivity contribution is 6.34. The molecule has 0 saturated carbocycles. The van der Waals surface area contributed by atoms with Crippen molar-refractivity contribution in [1.29, 1.82) is 0 Å². The van der Waals surface area contributed by atoms with Crippen molar-refractivity contribution in [2.75, 3.05) is 45.2 Å². The minimum Gasteiger partial charge on any atom is -0.371 e. The highest BCUT2D eigenvalue weighted by Crippen LogP contribution is 2.42. The molecule has 2 aromatic carbocycles. The molecule has 40 heavy (non-hydrogen) atoms. The second-order valence-corrected chi connectivity index (χ2v) is 11.8. The first-order valence-electron chi connectivity index (χ1n) is 13.4. The maximum atomic E-state index is 14.0. The molecule has 1 atom stereocenters. The fourth-order valence-corrected chi connectivity index (χ4v) is 6.09. The predicted molar refractivity (Wildman–Crippen MR) is 150 cm³/mol. The van der Waals surface area contributed by atoms with Gasteiger partial charge in [0, 0.05) is 56.5 Å². The third kappa shape index (κ3) is 6.37. The van der Waals surface area contributed by atoms with Crippen molar-refractivity contribution in [3.63, 3.8) is 0 Å². The topological polar surface area (TPSA) is 64.1 Å². The van der Waals surface area contributed by atoms with E-state index >= 15 is 0 Å². The first-order chi connectivity index (χ1) is 18.8. The van der Waals surface area contributed by atoms with Gasteiger partial charge in [0.25, 0.3) is 17.4 Å². The number of amides is 2. The number of hydrogen-bond donors (Lipinski definition) is 1. The average Bonchev–Trinajstić information content (AvgIpc) is 2.92. The maximum Gasteiger partial charge on any atom is 0.430 e. The standard InChI is InChI=1S/C29H34Cl2F3N3O3/c1-35(2)26(38)24-8-7-23(18-25(24)31)36-13-9-19(10-14-36)17-20-11-15-37(16-12-20)27(39)28(40,29(32,33)34)21-3-5-22(30)6-4-21/h3-8,18-20,40H,9-17H2,1-2H3. The highest BCUT2D eigenvalue weighted by Gasteiger charge is 2.62. The molecule has 1 N–H and O–H groups in total. The number of carbonyl (C=O) groups excluding carboxylic acids is 2. The summed E-state index contributed by atoms with van der Waals surface area (Å²) >= 11 is 12.2. The van der Waals surface area contributed by atoms with Crippen LogP contribution in [0.3, 0.4) is 0 Å². The van der Waals surface area contributed by atoms with Crippen LogP contribution in [0.2, 0.25) is 10.0 Å². The van der Waals surface area contributed by atoms with Crippen LogP contribution in [0.5, 0.6) is 0 Å². The molecule has 2 aromatic rings. The lowest BCUT2D eigenvalue weighted by Crippen LogP contribution is -2.57. The second-order valence-electron chi connectivity index (χ2n) is 11.0. The molecule has 2 aliphatic rings. The summed E-state index contributed by atoms with van der Waals surface area (Å²) in [5, 5.41) is 11.3. The van der Waals surface area contributed by atoms with Crippen LogP contribution >= 0.6 is 23.2 Å². The van der Waals surface area contributed by atoms with Crippen molar-refractivity contribution in [3.8, 4) is 0 Å². The summed E-state index contributed by atoms with van der Waals surface area (Å²) in [5.41, 5.74) is -2.71. The highest BCUT2D eigenvalue weighted by atomic mass is 35.5. The molecule has 2 fully saturated rings. The van der Waals surface area contributed by atoms with E-state index in [9.17, 15) is 27.9 Å². The second kappa shape index (κ2) is 12.2. The van der Waals surface area contributed by atoms with Gasteiger partial charge in [-0.15, -0.1) is 0 Å². The monoisotopic (exact) mass is 599 g/mol. The molecule has 2 heterocycles. The number of benzene rings is 2. The van der Waals surface area contributed by atoms with E-state index in [4.69, 9.17) is 23.2 Å². The van der Waals surface area contributed by atoms with E-state index in [2.05, 4.69) is 4.90 Å². The van der Waals surface area contributed by atoms with E-state index in [0.717, 1.165) is 55.1 Å². The molecular formula is C29H34Cl2F3N3O3. The SMILES string of the molecule is CN(C)C(=O)c1ccc(N2CCC(CC3CCN(C(=O)C(O)(c4ccc(Cl)cc4)C(F)(F)F)CC3)CC2)cc1Cl. The van der Waals surface area contributed by atoms with Gasteiger partial charge in [0.2, 0.25) is 0 Å². The van der Waals surface area contributed by atoms with Crippen LogP contribution in [0.4, 0.5) is 18.9 Å². The zero-order valence-electron chi connectivity index (χ0n) is 22.6. The molecule has 1 unspecified atom stereocenters. The summed E-state index contributed by atoms with van der Waals surface area (Å²) in [7, 11) is 3.37. The largest absolute Gasteiger partial charge is 0.430 e. The molecule has 2 saturated heterocycles. The van der Waals surface area contributed by atoms with E-state index in [1.54, 1.807) is 20.2 Å². The van der Waals surface area contributed by atoms with Gasteiger partial charge in [-0.3, -0.25) is 9.59 Å². The lowest BCUT2D eigenvalue weighted by molar-refractivity contribution is -0.262. The van der Waals surface area contributed by atoms with Crippen LogP contribution < -0.4 is 4.90 Å². The molecule has 0 bridgehead atoms. The van der Waals surface area contributed by atoms with Crippen molar-refractivity contribution in [3.05, 3.63) is 63.6 Å². The van der Waals surface area contributed by atoms with Crippen LogP contribution in [-0.4, -0.2) is 73.2 Å². The van der Waals surface area contributed by atoms with Gasteiger partial charge >= 0.3 is 6.18 Å². The van der Waals surface area contributed by atoms with Crippen molar-refractivity contribution >= 4 is 40.7 Å². The van der Waals surface area contributed by atoms with Gasteiger partial charge in [0.05, 0.1) is 10.6 Å². The number of piperidine rings is 2. The lowest BCUT2D eigenvalue weighted by Gasteiger charge is -2.40. The molecule has 0 spiro atoms. The number of halogens is 5. The Morgan fingerprint density at radius 1 is 0.925 bits per heavy atom. The van der Waals surface area contributed by atoms with Crippen molar-refractivity contribution in [2.24, 2.45) is 11.8 Å². The third-order valence-corrected chi connectivity index (χ3v) is 8.68. The molecule has 0 aromatic heterocycles. The lowest BCUT2D eigenvalue weighted by atomic mass is 9.82. The number of carbonyl (C=O) groups is 2. The van der Waals surface area contributed by atoms with E-state index < -0.39 is 23.2 Å². The fourth-order valence-electron chi connectivity index (χ4n) is 5.71. The molecule has 2 amide bonds. The van der Waals surface area contributed by atoms with Gasteiger partial charge < -0.3 is 19.8 Å². The van der Waals surface area contributed by atoms with Gasteiger partial charge in [-0.2, -0.15) is 13.2 Å². The van der Waals surface area contributed by atoms with E-state index in [0.29, 0.717) is 35.3 Å². The summed E-state index contributed by atoms with van der Waals surface area (Å²) < 4.78 is 42.0. The van der Waals surface area contributed by atoms with Crippen LogP contribution in [0, 0.1) is 11.8 Å². The Kier molecular flexibility index (Phi) is 9.27. The van der Waals surface area contributed by atoms with Crippen molar-refractivity contribution in [2.45, 2.75) is 43.9 Å². The van der Waals surface area contributed by atoms with Gasteiger partial charge in [-0.25, -0.2) is 0 Å². The molecule has 4 rings (SSSR count). The number of likely N-dealkylation sites (tertiary alicyclic amines) is 1. The van der Waals surface area contributed by atoms with Gasteiger partial charge in [-0.1, -0.05) is 35.3 Å². The summed E-state index contributed by atoms with van der Waals surface area (Å²) in [5.74, 6) is -0.697. The summed E-state index contributed by atoms with van der Waals surface area (Å²) in [6, 6.07) is 10.0. The zero-order valence-corrected chi connectivity index (χ0v) is 24.1. The summed E-state index contributed by atoms with van der Waals surface area (Å²) in [6.45, 7) is 2.04. The van der Waals surface area contributed by atoms with Crippen molar-refractivity contribution in [1.82, 2.24) is 9.80 Å². The Hall–Kier alpha value is -2.49. The molecule has 11 heteroatoms. The maximum absolute atomic E-state index is 14.0. The molecule has 2 aliphatic heterocycles. The number of nitrogens with zero attached hydrogens (tertiary/aromatic N) is 3. The third-order valence-electron chi connectivity index (χ3n) is 8.12. The number of hydrogen-bond acceptors (Lipinski definition) is 4. The molecule has 218 valence electrons. The predicted octanol–water partition coefficient (Wildman–Crippen LogP) is 5.99.